The molecule has 2 aliphatic carbocycles. The third kappa shape index (κ3) is 1.54. The molecule has 0 aromatic heterocycles. The minimum Gasteiger partial charge on any atom is -0.320 e. The molecular formula is C13H24ClN. The van der Waals surface area contributed by atoms with Crippen LogP contribution in [0.1, 0.15) is 46.0 Å². The summed E-state index contributed by atoms with van der Waals surface area (Å²) in [4.78, 5) is 0. The highest BCUT2D eigenvalue weighted by Crippen LogP contribution is 2.68. The van der Waals surface area contributed by atoms with E-state index in [1.165, 1.54) is 32.1 Å². The highest BCUT2D eigenvalue weighted by molar-refractivity contribution is 6.21. The molecule has 2 fully saturated rings. The van der Waals surface area contributed by atoms with Gasteiger partial charge >= 0.3 is 0 Å². The number of rotatable bonds is 4. The summed E-state index contributed by atoms with van der Waals surface area (Å²) in [7, 11) is 2.03. The minimum atomic E-state index is 0.433. The van der Waals surface area contributed by atoms with Crippen molar-refractivity contribution in [1.29, 1.82) is 0 Å². The molecule has 0 aromatic carbocycles. The summed E-state index contributed by atoms with van der Waals surface area (Å²) in [5.74, 6) is 0.884. The van der Waals surface area contributed by atoms with Crippen molar-refractivity contribution in [2.75, 3.05) is 13.6 Å². The van der Waals surface area contributed by atoms with E-state index in [1.54, 1.807) is 0 Å². The smallest absolute Gasteiger partial charge is 0.0400 e. The Balaban J connectivity index is 2.09. The van der Waals surface area contributed by atoms with Crippen molar-refractivity contribution >= 4 is 11.6 Å². The number of hydrogen-bond acceptors (Lipinski definition) is 1. The molecule has 15 heavy (non-hydrogen) atoms. The zero-order valence-electron chi connectivity index (χ0n) is 10.3. The van der Waals surface area contributed by atoms with E-state index in [-0.39, 0.29) is 0 Å². The molecule has 0 aromatic rings. The van der Waals surface area contributed by atoms with Crippen molar-refractivity contribution in [2.24, 2.45) is 16.7 Å². The molecule has 1 N–H and O–H groups in total. The molecule has 88 valence electrons. The van der Waals surface area contributed by atoms with Gasteiger partial charge in [0.1, 0.15) is 0 Å². The lowest BCUT2D eigenvalue weighted by Gasteiger charge is -2.40. The molecule has 2 rings (SSSR count). The summed E-state index contributed by atoms with van der Waals surface area (Å²) in [6.45, 7) is 6.03. The predicted octanol–water partition coefficient (Wildman–Crippen LogP) is 3.42. The first-order valence-corrected chi connectivity index (χ1v) is 6.77. The molecule has 2 heteroatoms. The number of hydrogen-bond donors (Lipinski definition) is 1. The van der Waals surface area contributed by atoms with Crippen LogP contribution >= 0.6 is 11.6 Å². The van der Waals surface area contributed by atoms with Crippen molar-refractivity contribution in [3.05, 3.63) is 0 Å². The SMILES string of the molecule is CNCCCC12CCC(CC1Cl)C2(C)C. The summed E-state index contributed by atoms with van der Waals surface area (Å²) in [6, 6.07) is 0. The molecule has 0 saturated heterocycles. The first-order chi connectivity index (χ1) is 7.04. The maximum Gasteiger partial charge on any atom is 0.0400 e. The van der Waals surface area contributed by atoms with Crippen molar-refractivity contribution < 1.29 is 0 Å². The third-order valence-electron chi connectivity index (χ3n) is 5.38. The lowest BCUT2D eigenvalue weighted by Crippen LogP contribution is -2.36. The van der Waals surface area contributed by atoms with Gasteiger partial charge in [-0.25, -0.2) is 0 Å². The van der Waals surface area contributed by atoms with Crippen LogP contribution in [0.5, 0.6) is 0 Å². The van der Waals surface area contributed by atoms with Gasteiger partial charge in [0, 0.05) is 5.38 Å². The molecule has 3 atom stereocenters. The summed E-state index contributed by atoms with van der Waals surface area (Å²) < 4.78 is 0. The molecule has 2 saturated carbocycles. The second kappa shape index (κ2) is 3.92. The van der Waals surface area contributed by atoms with E-state index in [2.05, 4.69) is 19.2 Å². The fraction of sp³-hybridized carbons (Fsp3) is 1.00. The van der Waals surface area contributed by atoms with Gasteiger partial charge in [-0.05, 0) is 62.4 Å². The molecule has 0 heterocycles. The van der Waals surface area contributed by atoms with Crippen molar-refractivity contribution in [3.63, 3.8) is 0 Å². The molecule has 2 bridgehead atoms. The Bertz CT molecular complexity index is 239. The number of nitrogens with one attached hydrogen (secondary N) is 1. The molecule has 3 unspecified atom stereocenters. The van der Waals surface area contributed by atoms with Crippen LogP contribution in [-0.2, 0) is 0 Å². The molecular weight excluding hydrogens is 206 g/mol. The Labute approximate surface area is 99.0 Å². The van der Waals surface area contributed by atoms with Gasteiger partial charge in [0.25, 0.3) is 0 Å². The van der Waals surface area contributed by atoms with Crippen molar-refractivity contribution in [2.45, 2.75) is 51.3 Å². The predicted molar refractivity (Wildman–Crippen MR) is 66.4 cm³/mol. The Morgan fingerprint density at radius 3 is 2.60 bits per heavy atom. The number of alkyl halides is 1. The summed E-state index contributed by atoms with van der Waals surface area (Å²) >= 11 is 6.61. The van der Waals surface area contributed by atoms with E-state index in [0.717, 1.165) is 12.5 Å². The second-order valence-electron chi connectivity index (χ2n) is 6.02. The molecule has 0 amide bonds. The van der Waals surface area contributed by atoms with Gasteiger partial charge in [-0.15, -0.1) is 11.6 Å². The van der Waals surface area contributed by atoms with E-state index in [4.69, 9.17) is 11.6 Å². The fourth-order valence-corrected chi connectivity index (χ4v) is 4.87. The van der Waals surface area contributed by atoms with E-state index in [1.807, 2.05) is 7.05 Å². The minimum absolute atomic E-state index is 0.433. The van der Waals surface area contributed by atoms with Crippen LogP contribution < -0.4 is 5.32 Å². The van der Waals surface area contributed by atoms with Gasteiger partial charge in [-0.3, -0.25) is 0 Å². The van der Waals surface area contributed by atoms with Crippen LogP contribution in [0.3, 0.4) is 0 Å². The zero-order chi connectivity index (χ0) is 11.1. The topological polar surface area (TPSA) is 12.0 Å². The molecule has 0 radical (unpaired) electrons. The standard InChI is InChI=1S/C13H24ClN/c1-12(2)10-5-7-13(12,11(14)9-10)6-4-8-15-3/h10-11,15H,4-9H2,1-3H3. The molecule has 2 aliphatic rings. The van der Waals surface area contributed by atoms with Crippen LogP contribution in [-0.4, -0.2) is 19.0 Å². The van der Waals surface area contributed by atoms with Crippen molar-refractivity contribution in [3.8, 4) is 0 Å². The molecule has 0 spiro atoms. The van der Waals surface area contributed by atoms with Gasteiger partial charge < -0.3 is 5.32 Å². The van der Waals surface area contributed by atoms with E-state index in [9.17, 15) is 0 Å². The van der Waals surface area contributed by atoms with E-state index >= 15 is 0 Å². The average molecular weight is 230 g/mol. The lowest BCUT2D eigenvalue weighted by molar-refractivity contribution is 0.116. The third-order valence-corrected chi connectivity index (χ3v) is 5.98. The molecule has 1 nitrogen and oxygen atoms in total. The van der Waals surface area contributed by atoms with Gasteiger partial charge in [0.05, 0.1) is 0 Å². The Morgan fingerprint density at radius 2 is 2.13 bits per heavy atom. The number of halogens is 1. The molecule has 0 aliphatic heterocycles. The first kappa shape index (κ1) is 11.7. The second-order valence-corrected chi connectivity index (χ2v) is 6.55. The maximum absolute atomic E-state index is 6.61. The fourth-order valence-electron chi connectivity index (χ4n) is 4.15. The zero-order valence-corrected chi connectivity index (χ0v) is 11.0. The van der Waals surface area contributed by atoms with Crippen LogP contribution in [0.15, 0.2) is 0 Å². The Morgan fingerprint density at radius 1 is 1.40 bits per heavy atom. The van der Waals surface area contributed by atoms with Crippen LogP contribution in [0.2, 0.25) is 0 Å². The summed E-state index contributed by atoms with van der Waals surface area (Å²) in [6.07, 6.45) is 6.62. The average Bonchev–Trinajstić information content (AvgIpc) is 2.52. The van der Waals surface area contributed by atoms with Gasteiger partial charge in [-0.2, -0.15) is 0 Å². The van der Waals surface area contributed by atoms with Crippen LogP contribution in [0.25, 0.3) is 0 Å². The maximum atomic E-state index is 6.61. The quantitative estimate of drug-likeness (QED) is 0.576. The van der Waals surface area contributed by atoms with Crippen molar-refractivity contribution in [1.82, 2.24) is 5.32 Å². The Kier molecular flexibility index (Phi) is 3.07. The van der Waals surface area contributed by atoms with Crippen LogP contribution in [0.4, 0.5) is 0 Å². The number of fused-ring (bicyclic) bond motifs is 2. The largest absolute Gasteiger partial charge is 0.320 e. The first-order valence-electron chi connectivity index (χ1n) is 6.33. The normalized spacial score (nSPS) is 42.4. The monoisotopic (exact) mass is 229 g/mol. The highest BCUT2D eigenvalue weighted by atomic mass is 35.5. The summed E-state index contributed by atoms with van der Waals surface area (Å²) in [5, 5.41) is 3.68. The van der Waals surface area contributed by atoms with Gasteiger partial charge in [0.15, 0.2) is 0 Å². The highest BCUT2D eigenvalue weighted by Gasteiger charge is 2.62. The Hall–Kier alpha value is 0.250. The van der Waals surface area contributed by atoms with E-state index < -0.39 is 0 Å². The summed E-state index contributed by atoms with van der Waals surface area (Å²) in [5.41, 5.74) is 0.920. The van der Waals surface area contributed by atoms with E-state index in [0.29, 0.717) is 16.2 Å². The van der Waals surface area contributed by atoms with Gasteiger partial charge in [-0.1, -0.05) is 13.8 Å². The van der Waals surface area contributed by atoms with Crippen LogP contribution in [0, 0.1) is 16.7 Å². The van der Waals surface area contributed by atoms with Gasteiger partial charge in [0.2, 0.25) is 0 Å². The lowest BCUT2D eigenvalue weighted by atomic mass is 9.66.